The van der Waals surface area contributed by atoms with E-state index in [1.165, 1.54) is 19.3 Å². The van der Waals surface area contributed by atoms with Crippen molar-refractivity contribution in [1.82, 2.24) is 5.32 Å². The number of hydrogen-bond donors (Lipinski definition) is 1. The molecule has 4 bridgehead atoms. The lowest BCUT2D eigenvalue weighted by molar-refractivity contribution is -0.125. The monoisotopic (exact) mass is 243 g/mol. The second kappa shape index (κ2) is 2.72. The van der Waals surface area contributed by atoms with Crippen LogP contribution in [-0.4, -0.2) is 16.8 Å². The van der Waals surface area contributed by atoms with Crippen molar-refractivity contribution in [3.63, 3.8) is 0 Å². The zero-order chi connectivity index (χ0) is 9.00. The van der Waals surface area contributed by atoms with Gasteiger partial charge in [0.2, 0.25) is 5.91 Å². The zero-order valence-electron chi connectivity index (χ0n) is 7.50. The molecule has 4 unspecified atom stereocenters. The average Bonchev–Trinajstić information content (AvgIpc) is 2.24. The Kier molecular flexibility index (Phi) is 1.73. The molecule has 4 aliphatic rings. The van der Waals surface area contributed by atoms with Crippen LogP contribution in [0.25, 0.3) is 0 Å². The number of alkyl halides is 1. The van der Waals surface area contributed by atoms with Gasteiger partial charge in [0.25, 0.3) is 0 Å². The standard InChI is InChI=1S/C10H14BrNO/c11-9-6-1-5-2-7(4-6)12-10(13)8(9)3-5/h5-9H,1-4H2,(H,12,13)/t5?,6?,7?,8?,9-/m1/s1. The Balaban J connectivity index is 1.99. The molecule has 4 rings (SSSR count). The van der Waals surface area contributed by atoms with E-state index >= 15 is 0 Å². The van der Waals surface area contributed by atoms with Crippen molar-refractivity contribution in [2.45, 2.75) is 36.6 Å². The third-order valence-corrected chi connectivity index (χ3v) is 5.33. The molecule has 72 valence electrons. The van der Waals surface area contributed by atoms with Gasteiger partial charge in [0, 0.05) is 10.9 Å². The maximum Gasteiger partial charge on any atom is 0.224 e. The largest absolute Gasteiger partial charge is 0.353 e. The average molecular weight is 244 g/mol. The van der Waals surface area contributed by atoms with Crippen molar-refractivity contribution >= 4 is 21.8 Å². The lowest BCUT2D eigenvalue weighted by atomic mass is 9.68. The van der Waals surface area contributed by atoms with Crippen LogP contribution in [0.4, 0.5) is 0 Å². The molecule has 2 heterocycles. The lowest BCUT2D eigenvalue weighted by Gasteiger charge is -2.40. The second-order valence-corrected chi connectivity index (χ2v) is 5.88. The van der Waals surface area contributed by atoms with E-state index in [2.05, 4.69) is 21.2 Å². The topological polar surface area (TPSA) is 29.1 Å². The maximum absolute atomic E-state index is 11.7. The van der Waals surface area contributed by atoms with Gasteiger partial charge in [-0.25, -0.2) is 0 Å². The molecule has 2 nitrogen and oxygen atoms in total. The molecule has 5 atom stereocenters. The normalized spacial score (nSPS) is 53.3. The van der Waals surface area contributed by atoms with Gasteiger partial charge in [-0.2, -0.15) is 0 Å². The quantitative estimate of drug-likeness (QED) is 0.645. The minimum absolute atomic E-state index is 0.260. The summed E-state index contributed by atoms with van der Waals surface area (Å²) in [5.41, 5.74) is 0. The molecule has 2 aliphatic heterocycles. The van der Waals surface area contributed by atoms with Gasteiger partial charge in [-0.3, -0.25) is 4.79 Å². The van der Waals surface area contributed by atoms with Crippen LogP contribution in [-0.2, 0) is 4.79 Å². The van der Waals surface area contributed by atoms with Crippen molar-refractivity contribution in [1.29, 1.82) is 0 Å². The molecule has 2 saturated carbocycles. The number of rotatable bonds is 0. The number of carbonyl (C=O) groups excluding carboxylic acids is 1. The van der Waals surface area contributed by atoms with Crippen LogP contribution in [0.3, 0.4) is 0 Å². The fourth-order valence-corrected chi connectivity index (χ4v) is 4.32. The van der Waals surface area contributed by atoms with E-state index in [-0.39, 0.29) is 5.92 Å². The van der Waals surface area contributed by atoms with Crippen LogP contribution < -0.4 is 5.32 Å². The molecule has 0 spiro atoms. The van der Waals surface area contributed by atoms with Crippen LogP contribution in [0.5, 0.6) is 0 Å². The molecule has 13 heavy (non-hydrogen) atoms. The van der Waals surface area contributed by atoms with Crippen molar-refractivity contribution < 1.29 is 4.79 Å². The molecule has 0 aromatic rings. The predicted molar refractivity (Wildman–Crippen MR) is 53.6 cm³/mol. The summed E-state index contributed by atoms with van der Waals surface area (Å²) in [5.74, 6) is 2.13. The van der Waals surface area contributed by atoms with E-state index in [1.807, 2.05) is 0 Å². The number of carbonyl (C=O) groups is 1. The Hall–Kier alpha value is -0.0500. The first-order valence-electron chi connectivity index (χ1n) is 5.18. The van der Waals surface area contributed by atoms with Crippen LogP contribution >= 0.6 is 15.9 Å². The Labute approximate surface area is 86.6 Å². The SMILES string of the molecule is O=C1NC2CC3CC(C2)[C@@H](Br)C1C3. The summed E-state index contributed by atoms with van der Waals surface area (Å²) in [5, 5.41) is 3.16. The van der Waals surface area contributed by atoms with Crippen molar-refractivity contribution in [2.24, 2.45) is 17.8 Å². The highest BCUT2D eigenvalue weighted by Gasteiger charge is 2.47. The van der Waals surface area contributed by atoms with E-state index in [1.54, 1.807) is 0 Å². The van der Waals surface area contributed by atoms with Crippen molar-refractivity contribution in [2.75, 3.05) is 0 Å². The molecule has 1 amide bonds. The minimum Gasteiger partial charge on any atom is -0.353 e. The number of halogens is 1. The highest BCUT2D eigenvalue weighted by molar-refractivity contribution is 9.09. The van der Waals surface area contributed by atoms with Crippen LogP contribution in [0.15, 0.2) is 0 Å². The summed E-state index contributed by atoms with van der Waals surface area (Å²) in [6.45, 7) is 0. The van der Waals surface area contributed by atoms with Gasteiger partial charge in [0.1, 0.15) is 0 Å². The summed E-state index contributed by atoms with van der Waals surface area (Å²) in [6, 6.07) is 0.490. The molecule has 3 heteroatoms. The van der Waals surface area contributed by atoms with E-state index in [9.17, 15) is 4.79 Å². The summed E-state index contributed by atoms with van der Waals surface area (Å²) in [6.07, 6.45) is 4.90. The van der Waals surface area contributed by atoms with Gasteiger partial charge in [-0.15, -0.1) is 0 Å². The summed E-state index contributed by atoms with van der Waals surface area (Å²) < 4.78 is 0. The molecular formula is C10H14BrNO. The van der Waals surface area contributed by atoms with E-state index in [0.717, 1.165) is 18.3 Å². The molecule has 1 N–H and O–H groups in total. The van der Waals surface area contributed by atoms with Gasteiger partial charge in [0.15, 0.2) is 0 Å². The first-order chi connectivity index (χ1) is 6.24. The molecule has 0 aromatic carbocycles. The molecular weight excluding hydrogens is 230 g/mol. The first kappa shape index (κ1) is 8.27. The van der Waals surface area contributed by atoms with Crippen LogP contribution in [0.2, 0.25) is 0 Å². The Morgan fingerprint density at radius 3 is 2.92 bits per heavy atom. The van der Waals surface area contributed by atoms with Crippen molar-refractivity contribution in [3.8, 4) is 0 Å². The zero-order valence-corrected chi connectivity index (χ0v) is 9.09. The number of nitrogens with one attached hydrogen (secondary N) is 1. The first-order valence-corrected chi connectivity index (χ1v) is 6.10. The van der Waals surface area contributed by atoms with E-state index in [4.69, 9.17) is 0 Å². The predicted octanol–water partition coefficient (Wildman–Crippen LogP) is 1.68. The van der Waals surface area contributed by atoms with Gasteiger partial charge < -0.3 is 5.32 Å². The summed E-state index contributed by atoms with van der Waals surface area (Å²) in [4.78, 5) is 12.2. The third kappa shape index (κ3) is 1.16. The number of amides is 1. The Bertz CT molecular complexity index is 255. The fraction of sp³-hybridized carbons (Fsp3) is 0.900. The minimum atomic E-state index is 0.260. The molecule has 0 aromatic heterocycles. The Morgan fingerprint density at radius 1 is 1.23 bits per heavy atom. The molecule has 4 fully saturated rings. The lowest BCUT2D eigenvalue weighted by Crippen LogP contribution is -2.38. The summed E-state index contributed by atoms with van der Waals surface area (Å²) in [7, 11) is 0. The second-order valence-electron chi connectivity index (χ2n) is 4.83. The van der Waals surface area contributed by atoms with Crippen LogP contribution in [0.1, 0.15) is 25.7 Å². The van der Waals surface area contributed by atoms with E-state index in [0.29, 0.717) is 16.8 Å². The smallest absolute Gasteiger partial charge is 0.224 e. The molecule has 0 radical (unpaired) electrons. The van der Waals surface area contributed by atoms with Crippen molar-refractivity contribution in [3.05, 3.63) is 0 Å². The highest BCUT2D eigenvalue weighted by atomic mass is 79.9. The summed E-state index contributed by atoms with van der Waals surface area (Å²) >= 11 is 3.71. The fourth-order valence-electron chi connectivity index (χ4n) is 3.43. The van der Waals surface area contributed by atoms with E-state index < -0.39 is 0 Å². The third-order valence-electron chi connectivity index (χ3n) is 3.95. The molecule has 2 saturated heterocycles. The number of fused-ring (bicyclic) bond motifs is 1. The highest BCUT2D eigenvalue weighted by Crippen LogP contribution is 2.47. The van der Waals surface area contributed by atoms with Gasteiger partial charge >= 0.3 is 0 Å². The van der Waals surface area contributed by atoms with Gasteiger partial charge in [-0.1, -0.05) is 15.9 Å². The van der Waals surface area contributed by atoms with Gasteiger partial charge in [0.05, 0.1) is 5.92 Å². The molecule has 2 aliphatic carbocycles. The maximum atomic E-state index is 11.7. The number of hydrogen-bond acceptors (Lipinski definition) is 1. The van der Waals surface area contributed by atoms with Crippen LogP contribution in [0, 0.1) is 17.8 Å². The van der Waals surface area contributed by atoms with Gasteiger partial charge in [-0.05, 0) is 37.5 Å². The Morgan fingerprint density at radius 2 is 2.08 bits per heavy atom.